The van der Waals surface area contributed by atoms with Crippen LogP contribution < -0.4 is 4.74 Å². The second-order valence-electron chi connectivity index (χ2n) is 6.76. The van der Waals surface area contributed by atoms with Crippen molar-refractivity contribution < 1.29 is 34.3 Å². The fourth-order valence-corrected chi connectivity index (χ4v) is 3.16. The van der Waals surface area contributed by atoms with Gasteiger partial charge in [0.05, 0.1) is 17.6 Å². The SMILES string of the molecule is COc1ccccc1C(=O)N1CCN(Cc2ccccc2[N+](=O)[O-])CC1.O=C(O)C(=O)O. The summed E-state index contributed by atoms with van der Waals surface area (Å²) in [6, 6.07) is 14.0. The van der Waals surface area contributed by atoms with Crippen LogP contribution in [0.1, 0.15) is 15.9 Å². The van der Waals surface area contributed by atoms with E-state index in [0.29, 0.717) is 49.6 Å². The zero-order chi connectivity index (χ0) is 23.7. The van der Waals surface area contributed by atoms with Crippen molar-refractivity contribution in [2.75, 3.05) is 33.3 Å². The zero-order valence-corrected chi connectivity index (χ0v) is 17.3. The maximum atomic E-state index is 12.7. The Labute approximate surface area is 183 Å². The van der Waals surface area contributed by atoms with Crippen LogP contribution in [0.3, 0.4) is 0 Å². The normalized spacial score (nSPS) is 13.5. The Morgan fingerprint density at radius 3 is 2.09 bits per heavy atom. The highest BCUT2D eigenvalue weighted by molar-refractivity contribution is 6.27. The standard InChI is InChI=1S/C19H21N3O4.C2H2O4/c1-26-18-9-5-3-7-16(18)19(23)21-12-10-20(11-13-21)14-15-6-2-4-8-17(15)22(24)25;3-1(4)2(5)6/h2-9H,10-14H2,1H3;(H,3,4)(H,5,6). The van der Waals surface area contributed by atoms with Gasteiger partial charge in [-0.1, -0.05) is 30.3 Å². The van der Waals surface area contributed by atoms with Crippen molar-refractivity contribution in [3.05, 3.63) is 69.8 Å². The monoisotopic (exact) mass is 445 g/mol. The summed E-state index contributed by atoms with van der Waals surface area (Å²) < 4.78 is 5.27. The molecule has 0 bridgehead atoms. The number of para-hydroxylation sites is 2. The molecule has 2 aromatic carbocycles. The van der Waals surface area contributed by atoms with Gasteiger partial charge in [0.2, 0.25) is 0 Å². The van der Waals surface area contributed by atoms with E-state index in [4.69, 9.17) is 24.5 Å². The quantitative estimate of drug-likeness (QED) is 0.398. The van der Waals surface area contributed by atoms with Gasteiger partial charge in [-0.3, -0.25) is 19.8 Å². The molecule has 0 aliphatic carbocycles. The zero-order valence-electron chi connectivity index (χ0n) is 17.3. The average Bonchev–Trinajstić information content (AvgIpc) is 2.79. The van der Waals surface area contributed by atoms with Crippen LogP contribution in [0, 0.1) is 10.1 Å². The number of carboxylic acids is 2. The van der Waals surface area contributed by atoms with Crippen molar-refractivity contribution >= 4 is 23.5 Å². The molecule has 1 saturated heterocycles. The lowest BCUT2D eigenvalue weighted by atomic mass is 10.1. The van der Waals surface area contributed by atoms with Gasteiger partial charge in [0, 0.05) is 44.4 Å². The topological polar surface area (TPSA) is 151 Å². The Balaban J connectivity index is 0.000000534. The van der Waals surface area contributed by atoms with Crippen LogP contribution in [0.4, 0.5) is 5.69 Å². The van der Waals surface area contributed by atoms with Gasteiger partial charge in [0.15, 0.2) is 0 Å². The number of nitro groups is 1. The third-order valence-electron chi connectivity index (χ3n) is 4.76. The molecule has 0 atom stereocenters. The highest BCUT2D eigenvalue weighted by Gasteiger charge is 2.25. The first kappa shape index (κ1) is 24.3. The maximum Gasteiger partial charge on any atom is 0.414 e. The van der Waals surface area contributed by atoms with Gasteiger partial charge in [-0.15, -0.1) is 0 Å². The third kappa shape index (κ3) is 6.51. The largest absolute Gasteiger partial charge is 0.496 e. The number of nitro benzene ring substituents is 1. The molecule has 0 saturated carbocycles. The van der Waals surface area contributed by atoms with Gasteiger partial charge in [-0.05, 0) is 12.1 Å². The smallest absolute Gasteiger partial charge is 0.414 e. The molecule has 2 aromatic rings. The summed E-state index contributed by atoms with van der Waals surface area (Å²) in [5, 5.41) is 25.9. The number of amides is 1. The van der Waals surface area contributed by atoms with Gasteiger partial charge < -0.3 is 19.8 Å². The summed E-state index contributed by atoms with van der Waals surface area (Å²) >= 11 is 0. The van der Waals surface area contributed by atoms with E-state index in [0.717, 1.165) is 0 Å². The van der Waals surface area contributed by atoms with Crippen LogP contribution in [0.15, 0.2) is 48.5 Å². The summed E-state index contributed by atoms with van der Waals surface area (Å²) in [6.45, 7) is 3.02. The first-order valence-electron chi connectivity index (χ1n) is 9.57. The molecule has 11 nitrogen and oxygen atoms in total. The van der Waals surface area contributed by atoms with Gasteiger partial charge >= 0.3 is 11.9 Å². The molecule has 0 aromatic heterocycles. The van der Waals surface area contributed by atoms with E-state index in [1.54, 1.807) is 36.3 Å². The van der Waals surface area contributed by atoms with E-state index in [-0.39, 0.29) is 16.5 Å². The summed E-state index contributed by atoms with van der Waals surface area (Å²) in [6.07, 6.45) is 0. The van der Waals surface area contributed by atoms with Gasteiger partial charge in [0.1, 0.15) is 5.75 Å². The second-order valence-corrected chi connectivity index (χ2v) is 6.76. The Kier molecular flexibility index (Phi) is 8.66. The number of benzene rings is 2. The number of nitrogens with zero attached hydrogens (tertiary/aromatic N) is 3. The molecular weight excluding hydrogens is 422 g/mol. The minimum Gasteiger partial charge on any atom is -0.496 e. The number of carboxylic acid groups (broad SMARTS) is 2. The van der Waals surface area contributed by atoms with E-state index in [2.05, 4.69) is 4.90 Å². The summed E-state index contributed by atoms with van der Waals surface area (Å²) in [7, 11) is 1.55. The van der Waals surface area contributed by atoms with E-state index in [1.807, 2.05) is 18.2 Å². The van der Waals surface area contributed by atoms with Crippen LogP contribution in [-0.2, 0) is 16.1 Å². The molecule has 0 unspecified atom stereocenters. The Hall–Kier alpha value is -3.99. The van der Waals surface area contributed by atoms with E-state index in [9.17, 15) is 14.9 Å². The molecule has 3 rings (SSSR count). The lowest BCUT2D eigenvalue weighted by Crippen LogP contribution is -2.48. The number of hydrogen-bond donors (Lipinski definition) is 2. The van der Waals surface area contributed by atoms with E-state index in [1.165, 1.54) is 6.07 Å². The molecular formula is C21H23N3O8. The van der Waals surface area contributed by atoms with E-state index < -0.39 is 11.9 Å². The van der Waals surface area contributed by atoms with Crippen LogP contribution in [0.2, 0.25) is 0 Å². The number of ether oxygens (including phenoxy) is 1. The third-order valence-corrected chi connectivity index (χ3v) is 4.76. The highest BCUT2D eigenvalue weighted by atomic mass is 16.6. The number of hydrogen-bond acceptors (Lipinski definition) is 7. The maximum absolute atomic E-state index is 12.7. The van der Waals surface area contributed by atoms with Crippen LogP contribution >= 0.6 is 0 Å². The van der Waals surface area contributed by atoms with E-state index >= 15 is 0 Å². The summed E-state index contributed by atoms with van der Waals surface area (Å²) in [5.41, 5.74) is 1.39. The van der Waals surface area contributed by atoms with Crippen molar-refractivity contribution in [3.63, 3.8) is 0 Å². The summed E-state index contributed by atoms with van der Waals surface area (Å²) in [4.78, 5) is 45.7. The predicted molar refractivity (Wildman–Crippen MR) is 113 cm³/mol. The molecule has 1 aliphatic rings. The molecule has 32 heavy (non-hydrogen) atoms. The molecule has 1 amide bonds. The Morgan fingerprint density at radius 1 is 0.969 bits per heavy atom. The minimum atomic E-state index is -1.82. The van der Waals surface area contributed by atoms with Gasteiger partial charge in [0.25, 0.3) is 11.6 Å². The highest BCUT2D eigenvalue weighted by Crippen LogP contribution is 2.22. The average molecular weight is 445 g/mol. The Bertz CT molecular complexity index is 975. The molecule has 0 radical (unpaired) electrons. The van der Waals surface area contributed by atoms with Crippen LogP contribution in [0.5, 0.6) is 5.75 Å². The number of carbonyl (C=O) groups is 3. The Morgan fingerprint density at radius 2 is 1.53 bits per heavy atom. The molecule has 2 N–H and O–H groups in total. The number of methoxy groups -OCH3 is 1. The lowest BCUT2D eigenvalue weighted by molar-refractivity contribution is -0.385. The fourth-order valence-electron chi connectivity index (χ4n) is 3.16. The second kappa shape index (κ2) is 11.4. The van der Waals surface area contributed by atoms with Crippen molar-refractivity contribution in [3.8, 4) is 5.75 Å². The summed E-state index contributed by atoms with van der Waals surface area (Å²) in [5.74, 6) is -3.13. The molecule has 1 aliphatic heterocycles. The van der Waals surface area contributed by atoms with Crippen LogP contribution in [0.25, 0.3) is 0 Å². The van der Waals surface area contributed by atoms with Gasteiger partial charge in [-0.2, -0.15) is 0 Å². The molecule has 170 valence electrons. The number of carbonyl (C=O) groups excluding carboxylic acids is 1. The predicted octanol–water partition coefficient (Wildman–Crippen LogP) is 1.72. The molecule has 11 heteroatoms. The first-order chi connectivity index (χ1) is 15.2. The number of aliphatic carboxylic acids is 2. The molecule has 1 heterocycles. The van der Waals surface area contributed by atoms with Crippen molar-refractivity contribution in [1.29, 1.82) is 0 Å². The first-order valence-corrected chi connectivity index (χ1v) is 9.57. The van der Waals surface area contributed by atoms with Gasteiger partial charge in [-0.25, -0.2) is 9.59 Å². The lowest BCUT2D eigenvalue weighted by Gasteiger charge is -2.34. The number of piperazine rings is 1. The van der Waals surface area contributed by atoms with Crippen molar-refractivity contribution in [2.24, 2.45) is 0 Å². The van der Waals surface area contributed by atoms with Crippen LogP contribution in [-0.4, -0.2) is 76.1 Å². The van der Waals surface area contributed by atoms with Crippen molar-refractivity contribution in [1.82, 2.24) is 9.80 Å². The minimum absolute atomic E-state index is 0.0483. The fraction of sp³-hybridized carbons (Fsp3) is 0.286. The molecule has 0 spiro atoms. The van der Waals surface area contributed by atoms with Crippen molar-refractivity contribution in [2.45, 2.75) is 6.54 Å². The number of rotatable bonds is 5. The molecule has 1 fully saturated rings.